The van der Waals surface area contributed by atoms with Crippen molar-refractivity contribution >= 4 is 82.4 Å². The molecule has 0 bridgehead atoms. The number of furan rings is 1. The maximum atomic E-state index is 6.95. The molecule has 0 saturated heterocycles. The van der Waals surface area contributed by atoms with E-state index in [1.54, 1.807) is 0 Å². The predicted octanol–water partition coefficient (Wildman–Crippen LogP) is 17.5. The highest BCUT2D eigenvalue weighted by atomic mass is 16.3. The van der Waals surface area contributed by atoms with Crippen LogP contribution in [0.15, 0.2) is 247 Å². The van der Waals surface area contributed by atoms with Crippen LogP contribution in [0.4, 0.5) is 17.1 Å². The third-order valence-electron chi connectivity index (χ3n) is 13.2. The Morgan fingerprint density at radius 3 is 1.69 bits per heavy atom. The lowest BCUT2D eigenvalue weighted by molar-refractivity contribution is 0.674. The maximum Gasteiger partial charge on any atom is 0.143 e. The molecular formula is C62H40N2O. The lowest BCUT2D eigenvalue weighted by atomic mass is 9.97. The van der Waals surface area contributed by atoms with Gasteiger partial charge in [-0.3, -0.25) is 0 Å². The van der Waals surface area contributed by atoms with Crippen LogP contribution in [0, 0.1) is 0 Å². The van der Waals surface area contributed by atoms with Crippen molar-refractivity contribution in [1.29, 1.82) is 0 Å². The highest BCUT2D eigenvalue weighted by Gasteiger charge is 2.22. The standard InChI is InChI=1S/C62H40N2O/c1-2-16-44-39-47(31-30-41(44)14-1)46-18-11-17-45(38-46)42-32-35-48(36-33-42)63(49-19-12-20-50(40-49)64-59-28-9-5-22-52(59)53-23-6-10-29-60(53)64)58-27-8-7-24-54(58)55-25-13-26-56-57-37-34-43-15-3-4-21-51(43)61(57)65-62(55)56/h1-40H. The molecule has 65 heavy (non-hydrogen) atoms. The zero-order valence-corrected chi connectivity index (χ0v) is 35.4. The van der Waals surface area contributed by atoms with Gasteiger partial charge >= 0.3 is 0 Å². The lowest BCUT2D eigenvalue weighted by Gasteiger charge is -2.28. The molecule has 3 heteroatoms. The van der Waals surface area contributed by atoms with E-state index in [0.717, 1.165) is 66.8 Å². The third kappa shape index (κ3) is 6.12. The largest absolute Gasteiger partial charge is 0.455 e. The number of aromatic nitrogens is 1. The Hall–Kier alpha value is -8.66. The molecule has 0 N–H and O–H groups in total. The van der Waals surface area contributed by atoms with Crippen molar-refractivity contribution in [3.05, 3.63) is 243 Å². The number of benzene rings is 11. The van der Waals surface area contributed by atoms with Crippen molar-refractivity contribution in [2.75, 3.05) is 4.90 Å². The van der Waals surface area contributed by atoms with Crippen LogP contribution in [-0.4, -0.2) is 4.57 Å². The summed E-state index contributed by atoms with van der Waals surface area (Å²) in [7, 11) is 0. The second-order valence-corrected chi connectivity index (χ2v) is 16.9. The SMILES string of the molecule is c1cc(-c2ccc(N(c3cccc(-n4c5ccccc5c5ccccc54)c3)c3ccccc3-c3cccc4c3oc3c5ccccc5ccc43)cc2)cc(-c2ccc3ccccc3c2)c1. The summed E-state index contributed by atoms with van der Waals surface area (Å²) in [5, 5.41) is 9.48. The summed E-state index contributed by atoms with van der Waals surface area (Å²) in [4.78, 5) is 2.40. The molecule has 0 fully saturated rings. The van der Waals surface area contributed by atoms with Gasteiger partial charge in [-0.15, -0.1) is 0 Å². The summed E-state index contributed by atoms with van der Waals surface area (Å²) in [5.74, 6) is 0. The zero-order chi connectivity index (χ0) is 42.8. The van der Waals surface area contributed by atoms with Gasteiger partial charge in [0.15, 0.2) is 0 Å². The van der Waals surface area contributed by atoms with E-state index in [4.69, 9.17) is 4.42 Å². The average Bonchev–Trinajstić information content (AvgIpc) is 3.93. The summed E-state index contributed by atoms with van der Waals surface area (Å²) in [6, 6.07) is 87.7. The number of para-hydroxylation sites is 4. The molecule has 304 valence electrons. The Labute approximate surface area is 376 Å². The number of anilines is 3. The van der Waals surface area contributed by atoms with E-state index in [-0.39, 0.29) is 0 Å². The quantitative estimate of drug-likeness (QED) is 0.160. The van der Waals surface area contributed by atoms with Crippen LogP contribution in [-0.2, 0) is 0 Å². The fourth-order valence-corrected chi connectivity index (χ4v) is 10.1. The van der Waals surface area contributed by atoms with Crippen molar-refractivity contribution in [1.82, 2.24) is 4.57 Å². The molecule has 0 atom stereocenters. The topological polar surface area (TPSA) is 21.3 Å². The van der Waals surface area contributed by atoms with Gasteiger partial charge in [-0.1, -0.05) is 176 Å². The summed E-state index contributed by atoms with van der Waals surface area (Å²) in [6.07, 6.45) is 0. The fraction of sp³-hybridized carbons (Fsp3) is 0. The van der Waals surface area contributed by atoms with Gasteiger partial charge in [0.05, 0.1) is 16.7 Å². The monoisotopic (exact) mass is 828 g/mol. The van der Waals surface area contributed by atoms with Gasteiger partial charge in [-0.2, -0.15) is 0 Å². The Balaban J connectivity index is 0.981. The van der Waals surface area contributed by atoms with Crippen molar-refractivity contribution in [2.24, 2.45) is 0 Å². The van der Waals surface area contributed by atoms with Crippen LogP contribution in [0.3, 0.4) is 0 Å². The van der Waals surface area contributed by atoms with E-state index < -0.39 is 0 Å². The van der Waals surface area contributed by atoms with Gasteiger partial charge in [-0.25, -0.2) is 0 Å². The molecule has 2 aromatic heterocycles. The maximum absolute atomic E-state index is 6.95. The van der Waals surface area contributed by atoms with E-state index in [0.29, 0.717) is 0 Å². The van der Waals surface area contributed by atoms with Crippen molar-refractivity contribution in [2.45, 2.75) is 0 Å². The summed E-state index contributed by atoms with van der Waals surface area (Å²) < 4.78 is 9.34. The first-order valence-electron chi connectivity index (χ1n) is 22.2. The first-order valence-corrected chi connectivity index (χ1v) is 22.2. The minimum Gasteiger partial charge on any atom is -0.455 e. The normalized spacial score (nSPS) is 11.7. The number of rotatable bonds is 7. The molecule has 0 spiro atoms. The number of nitrogens with zero attached hydrogens (tertiary/aromatic N) is 2. The van der Waals surface area contributed by atoms with Gasteiger partial charge < -0.3 is 13.9 Å². The van der Waals surface area contributed by atoms with E-state index in [1.165, 1.54) is 54.7 Å². The average molecular weight is 829 g/mol. The Morgan fingerprint density at radius 1 is 0.308 bits per heavy atom. The molecule has 0 aliphatic rings. The van der Waals surface area contributed by atoms with Crippen LogP contribution in [0.2, 0.25) is 0 Å². The molecule has 0 saturated carbocycles. The molecule has 0 aliphatic carbocycles. The van der Waals surface area contributed by atoms with Crippen LogP contribution < -0.4 is 4.90 Å². The van der Waals surface area contributed by atoms with Crippen LogP contribution >= 0.6 is 0 Å². The van der Waals surface area contributed by atoms with Crippen molar-refractivity contribution < 1.29 is 4.42 Å². The molecule has 13 rings (SSSR count). The molecule has 13 aromatic rings. The minimum absolute atomic E-state index is 0.881. The van der Waals surface area contributed by atoms with E-state index in [9.17, 15) is 0 Å². The van der Waals surface area contributed by atoms with Crippen LogP contribution in [0.1, 0.15) is 0 Å². The molecule has 2 heterocycles. The van der Waals surface area contributed by atoms with Gasteiger partial charge in [0.25, 0.3) is 0 Å². The Bertz CT molecular complexity index is 3910. The summed E-state index contributed by atoms with van der Waals surface area (Å²) in [6.45, 7) is 0. The number of hydrogen-bond donors (Lipinski definition) is 0. The van der Waals surface area contributed by atoms with Crippen molar-refractivity contribution in [3.63, 3.8) is 0 Å². The molecule has 11 aromatic carbocycles. The lowest BCUT2D eigenvalue weighted by Crippen LogP contribution is -2.12. The molecule has 0 unspecified atom stereocenters. The minimum atomic E-state index is 0.881. The van der Waals surface area contributed by atoms with Crippen molar-refractivity contribution in [3.8, 4) is 39.1 Å². The first-order chi connectivity index (χ1) is 32.2. The van der Waals surface area contributed by atoms with E-state index >= 15 is 0 Å². The highest BCUT2D eigenvalue weighted by molar-refractivity contribution is 6.18. The first kappa shape index (κ1) is 36.9. The molecule has 0 radical (unpaired) electrons. The van der Waals surface area contributed by atoms with Crippen LogP contribution in [0.25, 0.3) is 104 Å². The Kier molecular flexibility index (Phi) is 8.53. The zero-order valence-electron chi connectivity index (χ0n) is 35.4. The van der Waals surface area contributed by atoms with Gasteiger partial charge in [0.1, 0.15) is 11.2 Å². The summed E-state index contributed by atoms with van der Waals surface area (Å²) >= 11 is 0. The number of hydrogen-bond acceptors (Lipinski definition) is 2. The van der Waals surface area contributed by atoms with Crippen LogP contribution in [0.5, 0.6) is 0 Å². The van der Waals surface area contributed by atoms with E-state index in [2.05, 4.69) is 252 Å². The predicted molar refractivity (Wildman–Crippen MR) is 274 cm³/mol. The van der Waals surface area contributed by atoms with Gasteiger partial charge in [0.2, 0.25) is 0 Å². The molecular weight excluding hydrogens is 789 g/mol. The fourth-order valence-electron chi connectivity index (χ4n) is 10.1. The molecule has 0 amide bonds. The third-order valence-corrected chi connectivity index (χ3v) is 13.2. The second kappa shape index (κ2) is 15.0. The highest BCUT2D eigenvalue weighted by Crippen LogP contribution is 2.46. The number of fused-ring (bicyclic) bond motifs is 9. The Morgan fingerprint density at radius 2 is 0.877 bits per heavy atom. The van der Waals surface area contributed by atoms with Gasteiger partial charge in [-0.05, 0) is 105 Å². The smallest absolute Gasteiger partial charge is 0.143 e. The van der Waals surface area contributed by atoms with E-state index in [1.807, 2.05) is 0 Å². The molecule has 3 nitrogen and oxygen atoms in total. The summed E-state index contributed by atoms with van der Waals surface area (Å²) in [5.41, 5.74) is 15.3. The second-order valence-electron chi connectivity index (χ2n) is 16.9. The van der Waals surface area contributed by atoms with Gasteiger partial charge in [0, 0.05) is 55.1 Å². The molecule has 0 aliphatic heterocycles.